The number of piperidine rings is 1. The third kappa shape index (κ3) is 4.93. The van der Waals surface area contributed by atoms with E-state index in [1.54, 1.807) is 0 Å². The van der Waals surface area contributed by atoms with E-state index in [1.165, 1.54) is 18.4 Å². The van der Waals surface area contributed by atoms with Crippen LogP contribution < -0.4 is 15.4 Å². The highest BCUT2D eigenvalue weighted by Crippen LogP contribution is 2.37. The van der Waals surface area contributed by atoms with Gasteiger partial charge >= 0.3 is 0 Å². The fourth-order valence-electron chi connectivity index (χ4n) is 4.98. The number of aldehydes is 1. The van der Waals surface area contributed by atoms with Crippen LogP contribution in [0.2, 0.25) is 0 Å². The molecule has 3 heterocycles. The van der Waals surface area contributed by atoms with Gasteiger partial charge in [0.15, 0.2) is 0 Å². The fraction of sp³-hybridized carbons (Fsp3) is 0.310. The third-order valence-corrected chi connectivity index (χ3v) is 6.90. The summed E-state index contributed by atoms with van der Waals surface area (Å²) in [6.07, 6.45) is 7.11. The van der Waals surface area contributed by atoms with E-state index in [1.807, 2.05) is 49.5 Å². The summed E-state index contributed by atoms with van der Waals surface area (Å²) in [5, 5.41) is 6.64. The van der Waals surface area contributed by atoms with Crippen molar-refractivity contribution in [3.63, 3.8) is 0 Å². The minimum atomic E-state index is -0.459. The standard InChI is InChI=1S/C29H32N4O2/c1-3-35-27-7-5-4-6-24(27)25-18-22-12-15-30-26(19-34)28(22)29(32-25)31-23-10-8-20(9-11-23)21-13-16-33(2)17-14-21/h4-12,15,18-19,21,26,30H,3,13-14,16-17H2,1-2H3,(H,31,32). The molecular formula is C29H32N4O2. The summed E-state index contributed by atoms with van der Waals surface area (Å²) < 4.78 is 5.86. The first-order chi connectivity index (χ1) is 17.2. The highest BCUT2D eigenvalue weighted by molar-refractivity contribution is 5.81. The average Bonchev–Trinajstić information content (AvgIpc) is 2.89. The van der Waals surface area contributed by atoms with Gasteiger partial charge in [0.25, 0.3) is 0 Å². The third-order valence-electron chi connectivity index (χ3n) is 6.90. The molecule has 1 fully saturated rings. The predicted molar refractivity (Wildman–Crippen MR) is 141 cm³/mol. The molecule has 6 nitrogen and oxygen atoms in total. The van der Waals surface area contributed by atoms with E-state index in [0.29, 0.717) is 18.3 Å². The van der Waals surface area contributed by atoms with Crippen molar-refractivity contribution in [1.29, 1.82) is 0 Å². The van der Waals surface area contributed by atoms with Gasteiger partial charge in [0.2, 0.25) is 0 Å². The Morgan fingerprint density at radius 2 is 1.91 bits per heavy atom. The van der Waals surface area contributed by atoms with Crippen LogP contribution in [-0.2, 0) is 4.79 Å². The lowest BCUT2D eigenvalue weighted by Crippen LogP contribution is -2.29. The van der Waals surface area contributed by atoms with Crippen molar-refractivity contribution in [2.45, 2.75) is 31.7 Å². The Hall–Kier alpha value is -3.64. The Bertz CT molecular complexity index is 1210. The molecule has 5 rings (SSSR count). The molecule has 0 bridgehead atoms. The second-order valence-electron chi connectivity index (χ2n) is 9.23. The highest BCUT2D eigenvalue weighted by Gasteiger charge is 2.24. The molecule has 0 aliphatic carbocycles. The maximum Gasteiger partial charge on any atom is 0.146 e. The van der Waals surface area contributed by atoms with Gasteiger partial charge in [0.1, 0.15) is 23.9 Å². The zero-order chi connectivity index (χ0) is 24.2. The maximum absolute atomic E-state index is 11.9. The van der Waals surface area contributed by atoms with Crippen LogP contribution in [0.1, 0.15) is 48.4 Å². The molecular weight excluding hydrogens is 436 g/mol. The fourth-order valence-corrected chi connectivity index (χ4v) is 4.98. The zero-order valence-electron chi connectivity index (χ0n) is 20.3. The Balaban J connectivity index is 1.50. The SMILES string of the molecule is CCOc1ccccc1-c1cc2c(c(Nc3ccc(C4CCN(C)CC4)cc3)n1)C(C=O)NC=C2. The van der Waals surface area contributed by atoms with Gasteiger partial charge in [0, 0.05) is 16.8 Å². The number of pyridine rings is 1. The zero-order valence-corrected chi connectivity index (χ0v) is 20.3. The summed E-state index contributed by atoms with van der Waals surface area (Å²) in [6, 6.07) is 18.2. The van der Waals surface area contributed by atoms with Crippen LogP contribution in [-0.4, -0.2) is 42.9 Å². The van der Waals surface area contributed by atoms with Gasteiger partial charge in [-0.05, 0) is 99.6 Å². The Morgan fingerprint density at radius 1 is 1.14 bits per heavy atom. The van der Waals surface area contributed by atoms with Crippen molar-refractivity contribution in [1.82, 2.24) is 15.2 Å². The molecule has 1 atom stereocenters. The lowest BCUT2D eigenvalue weighted by molar-refractivity contribution is -0.109. The van der Waals surface area contributed by atoms with E-state index in [-0.39, 0.29) is 0 Å². The van der Waals surface area contributed by atoms with Gasteiger partial charge < -0.3 is 25.1 Å². The summed E-state index contributed by atoms with van der Waals surface area (Å²) in [5.41, 5.74) is 5.86. The molecule has 2 aliphatic heterocycles. The van der Waals surface area contributed by atoms with Gasteiger partial charge in [-0.2, -0.15) is 0 Å². The van der Waals surface area contributed by atoms with Crippen LogP contribution in [0.5, 0.6) is 5.75 Å². The molecule has 180 valence electrons. The number of nitrogens with zero attached hydrogens (tertiary/aromatic N) is 2. The topological polar surface area (TPSA) is 66.5 Å². The Labute approximate surface area is 207 Å². The molecule has 6 heteroatoms. The number of hydrogen-bond donors (Lipinski definition) is 2. The largest absolute Gasteiger partial charge is 0.493 e. The van der Waals surface area contributed by atoms with Gasteiger partial charge in [-0.3, -0.25) is 0 Å². The van der Waals surface area contributed by atoms with Gasteiger partial charge in [-0.1, -0.05) is 24.3 Å². The second-order valence-corrected chi connectivity index (χ2v) is 9.23. The molecule has 1 saturated heterocycles. The summed E-state index contributed by atoms with van der Waals surface area (Å²) in [6.45, 7) is 4.84. The van der Waals surface area contributed by atoms with Crippen LogP contribution in [0.15, 0.2) is 60.8 Å². The first-order valence-electron chi connectivity index (χ1n) is 12.4. The van der Waals surface area contributed by atoms with Crippen molar-refractivity contribution in [3.05, 3.63) is 77.5 Å². The van der Waals surface area contributed by atoms with E-state index in [4.69, 9.17) is 9.72 Å². The molecule has 3 aromatic rings. The van der Waals surface area contributed by atoms with Crippen molar-refractivity contribution in [2.24, 2.45) is 0 Å². The molecule has 2 N–H and O–H groups in total. The monoisotopic (exact) mass is 468 g/mol. The number of ether oxygens (including phenoxy) is 1. The van der Waals surface area contributed by atoms with Crippen LogP contribution in [0.25, 0.3) is 17.3 Å². The predicted octanol–water partition coefficient (Wildman–Crippen LogP) is 5.51. The average molecular weight is 469 g/mol. The molecule has 0 saturated carbocycles. The lowest BCUT2D eigenvalue weighted by Gasteiger charge is -2.29. The molecule has 1 aromatic heterocycles. The van der Waals surface area contributed by atoms with E-state index in [2.05, 4.69) is 46.8 Å². The van der Waals surface area contributed by atoms with Crippen molar-refractivity contribution >= 4 is 23.9 Å². The number of carbonyl (C=O) groups is 1. The summed E-state index contributed by atoms with van der Waals surface area (Å²) >= 11 is 0. The van der Waals surface area contributed by atoms with Crippen LogP contribution in [0, 0.1) is 0 Å². The normalized spacial score (nSPS) is 17.9. The number of hydrogen-bond acceptors (Lipinski definition) is 6. The quantitative estimate of drug-likeness (QED) is 0.446. The lowest BCUT2D eigenvalue weighted by atomic mass is 9.89. The Morgan fingerprint density at radius 3 is 2.66 bits per heavy atom. The number of para-hydroxylation sites is 1. The van der Waals surface area contributed by atoms with E-state index in [9.17, 15) is 4.79 Å². The van der Waals surface area contributed by atoms with E-state index >= 15 is 0 Å². The molecule has 1 unspecified atom stereocenters. The maximum atomic E-state index is 11.9. The smallest absolute Gasteiger partial charge is 0.146 e. The molecule has 0 radical (unpaired) electrons. The molecule has 2 aromatic carbocycles. The Kier molecular flexibility index (Phi) is 6.82. The number of benzene rings is 2. The van der Waals surface area contributed by atoms with E-state index in [0.717, 1.165) is 53.2 Å². The van der Waals surface area contributed by atoms with Crippen molar-refractivity contribution in [2.75, 3.05) is 32.1 Å². The van der Waals surface area contributed by atoms with Crippen LogP contribution in [0.4, 0.5) is 11.5 Å². The first-order valence-corrected chi connectivity index (χ1v) is 12.4. The second kappa shape index (κ2) is 10.3. The van der Waals surface area contributed by atoms with Crippen molar-refractivity contribution < 1.29 is 9.53 Å². The number of fused-ring (bicyclic) bond motifs is 1. The number of rotatable bonds is 7. The van der Waals surface area contributed by atoms with Gasteiger partial charge in [-0.25, -0.2) is 4.98 Å². The van der Waals surface area contributed by atoms with Crippen LogP contribution in [0.3, 0.4) is 0 Å². The number of nitrogens with one attached hydrogen (secondary N) is 2. The summed E-state index contributed by atoms with van der Waals surface area (Å²) in [7, 11) is 2.19. The van der Waals surface area contributed by atoms with Gasteiger partial charge in [0.05, 0.1) is 12.3 Å². The highest BCUT2D eigenvalue weighted by atomic mass is 16.5. The minimum absolute atomic E-state index is 0.459. The number of anilines is 2. The number of carbonyl (C=O) groups excluding carboxylic acids is 1. The summed E-state index contributed by atoms with van der Waals surface area (Å²) in [4.78, 5) is 19.3. The molecule has 35 heavy (non-hydrogen) atoms. The molecule has 0 amide bonds. The summed E-state index contributed by atoms with van der Waals surface area (Å²) in [5.74, 6) is 2.07. The number of likely N-dealkylation sites (tertiary alicyclic amines) is 1. The van der Waals surface area contributed by atoms with Crippen molar-refractivity contribution in [3.8, 4) is 17.0 Å². The van der Waals surface area contributed by atoms with Gasteiger partial charge in [-0.15, -0.1) is 0 Å². The molecule has 0 spiro atoms. The van der Waals surface area contributed by atoms with E-state index < -0.39 is 6.04 Å². The number of aromatic nitrogens is 1. The van der Waals surface area contributed by atoms with Crippen LogP contribution >= 0.6 is 0 Å². The minimum Gasteiger partial charge on any atom is -0.493 e. The first kappa shape index (κ1) is 23.1. The molecule has 2 aliphatic rings.